The van der Waals surface area contributed by atoms with Crippen LogP contribution in [0.15, 0.2) is 122 Å². The SMILES string of the molecule is C[C@@H](OC(C)(C)C)[C@H](NC(=O)CNC(=O)[C@H](CCC(=O)NC(c1ccccc1)(c1ccccc1)c1ccccc1)NC(=O)C(C)(C)NC(=O)[C@@H](N)Cc1cn(-c2ccc([N+](=O)[O-])cc2[N+](=O)[O-])cn1)C(=O)O. The number of hydrogen-bond acceptors (Lipinski definition) is 13. The van der Waals surface area contributed by atoms with Gasteiger partial charge in [0, 0.05) is 25.1 Å². The number of amides is 5. The van der Waals surface area contributed by atoms with E-state index >= 15 is 0 Å². The Kier molecular flexibility index (Phi) is 17.8. The summed E-state index contributed by atoms with van der Waals surface area (Å²) in [6.07, 6.45) is 0.682. The number of carbonyl (C=O) groups is 6. The summed E-state index contributed by atoms with van der Waals surface area (Å²) in [5, 5.41) is 45.9. The summed E-state index contributed by atoms with van der Waals surface area (Å²) in [5.41, 5.74) is 3.78. The van der Waals surface area contributed by atoms with Crippen molar-refractivity contribution in [2.75, 3.05) is 6.54 Å². The Morgan fingerprint density at radius 2 is 1.32 bits per heavy atom. The minimum Gasteiger partial charge on any atom is -0.480 e. The summed E-state index contributed by atoms with van der Waals surface area (Å²) in [7, 11) is 0. The van der Waals surface area contributed by atoms with E-state index in [4.69, 9.17) is 10.5 Å². The molecule has 22 nitrogen and oxygen atoms in total. The Morgan fingerprint density at radius 3 is 1.82 bits per heavy atom. The average Bonchev–Trinajstić information content (AvgIpc) is 3.80. The van der Waals surface area contributed by atoms with Crippen LogP contribution in [0.2, 0.25) is 0 Å². The van der Waals surface area contributed by atoms with Crippen LogP contribution in [0, 0.1) is 20.2 Å². The molecule has 0 saturated heterocycles. The van der Waals surface area contributed by atoms with Gasteiger partial charge in [0.05, 0.1) is 52.2 Å². The van der Waals surface area contributed by atoms with Gasteiger partial charge in [-0.05, 0) is 70.7 Å². The molecule has 8 N–H and O–H groups in total. The number of benzene rings is 4. The molecule has 0 unspecified atom stereocenters. The lowest BCUT2D eigenvalue weighted by molar-refractivity contribution is -0.394. The maximum atomic E-state index is 14.3. The molecule has 4 aromatic carbocycles. The zero-order valence-electron chi connectivity index (χ0n) is 40.5. The van der Waals surface area contributed by atoms with Crippen LogP contribution in [0.4, 0.5) is 11.4 Å². The smallest absolute Gasteiger partial charge is 0.328 e. The van der Waals surface area contributed by atoms with Gasteiger partial charge >= 0.3 is 5.97 Å². The topological polar surface area (TPSA) is 322 Å². The lowest BCUT2D eigenvalue weighted by Gasteiger charge is -2.37. The number of hydrogen-bond donors (Lipinski definition) is 7. The van der Waals surface area contributed by atoms with Gasteiger partial charge in [0.2, 0.25) is 29.5 Å². The van der Waals surface area contributed by atoms with Crippen molar-refractivity contribution in [3.63, 3.8) is 0 Å². The lowest BCUT2D eigenvalue weighted by Crippen LogP contribution is -2.61. The summed E-state index contributed by atoms with van der Waals surface area (Å²) in [5.74, 6) is -5.45. The second-order valence-electron chi connectivity index (χ2n) is 18.4. The number of nitrogens with two attached hydrogens (primary N) is 1. The summed E-state index contributed by atoms with van der Waals surface area (Å²) < 4.78 is 6.98. The van der Waals surface area contributed by atoms with Gasteiger partial charge < -0.3 is 42.2 Å². The van der Waals surface area contributed by atoms with Crippen LogP contribution in [0.25, 0.3) is 5.69 Å². The fourth-order valence-corrected chi connectivity index (χ4v) is 7.82. The second-order valence-corrected chi connectivity index (χ2v) is 18.4. The van der Waals surface area contributed by atoms with Crippen molar-refractivity contribution in [3.8, 4) is 5.69 Å². The molecule has 72 heavy (non-hydrogen) atoms. The number of nitro benzene ring substituents is 2. The number of ether oxygens (including phenoxy) is 1. The van der Waals surface area contributed by atoms with Crippen molar-refractivity contribution in [2.24, 2.45) is 5.73 Å². The van der Waals surface area contributed by atoms with Crippen LogP contribution < -0.4 is 32.3 Å². The van der Waals surface area contributed by atoms with E-state index in [9.17, 15) is 54.1 Å². The molecule has 1 heterocycles. The van der Waals surface area contributed by atoms with Gasteiger partial charge in [0.15, 0.2) is 6.04 Å². The first-order chi connectivity index (χ1) is 33.9. The largest absolute Gasteiger partial charge is 0.480 e. The van der Waals surface area contributed by atoms with Crippen LogP contribution in [0.5, 0.6) is 0 Å². The average molecular weight is 991 g/mol. The number of carbonyl (C=O) groups excluding carboxylic acids is 5. The summed E-state index contributed by atoms with van der Waals surface area (Å²) in [6, 6.07) is 26.5. The molecule has 380 valence electrons. The van der Waals surface area contributed by atoms with Gasteiger partial charge in [-0.3, -0.25) is 48.8 Å². The molecule has 5 amide bonds. The Bertz CT molecular complexity index is 2670. The fourth-order valence-electron chi connectivity index (χ4n) is 7.82. The Morgan fingerprint density at radius 1 is 0.764 bits per heavy atom. The van der Waals surface area contributed by atoms with Gasteiger partial charge in [-0.1, -0.05) is 91.0 Å². The van der Waals surface area contributed by atoms with E-state index < -0.39 is 104 Å². The zero-order chi connectivity index (χ0) is 53.0. The predicted octanol–water partition coefficient (Wildman–Crippen LogP) is 3.72. The quantitative estimate of drug-likeness (QED) is 0.0279. The van der Waals surface area contributed by atoms with E-state index in [-0.39, 0.29) is 30.6 Å². The van der Waals surface area contributed by atoms with Gasteiger partial charge in [0.1, 0.15) is 22.8 Å². The Labute approximate surface area is 414 Å². The Hall–Kier alpha value is -8.37. The van der Waals surface area contributed by atoms with Crippen LogP contribution in [-0.4, -0.2) is 102 Å². The normalized spacial score (nSPS) is 13.3. The van der Waals surface area contributed by atoms with Crippen molar-refractivity contribution >= 4 is 46.9 Å². The molecule has 5 rings (SSSR count). The van der Waals surface area contributed by atoms with Gasteiger partial charge in [0.25, 0.3) is 11.4 Å². The van der Waals surface area contributed by atoms with Gasteiger partial charge in [-0.15, -0.1) is 0 Å². The molecule has 4 atom stereocenters. The maximum absolute atomic E-state index is 14.3. The molecule has 0 aliphatic heterocycles. The number of nitro groups is 2. The number of aliphatic carboxylic acids is 1. The highest BCUT2D eigenvalue weighted by Gasteiger charge is 2.39. The van der Waals surface area contributed by atoms with Gasteiger partial charge in [-0.25, -0.2) is 9.78 Å². The Balaban J connectivity index is 1.35. The first-order valence-corrected chi connectivity index (χ1v) is 22.7. The number of carboxylic acids is 1. The number of rotatable bonds is 23. The molecule has 5 aromatic rings. The first kappa shape index (κ1) is 54.6. The highest BCUT2D eigenvalue weighted by molar-refractivity contribution is 5.96. The summed E-state index contributed by atoms with van der Waals surface area (Å²) >= 11 is 0. The third kappa shape index (κ3) is 14.1. The van der Waals surface area contributed by atoms with Gasteiger partial charge in [-0.2, -0.15) is 0 Å². The van der Waals surface area contributed by atoms with E-state index in [1.807, 2.05) is 91.0 Å². The minimum absolute atomic E-state index is 0.0375. The van der Waals surface area contributed by atoms with E-state index in [1.165, 1.54) is 43.9 Å². The number of nitrogens with zero attached hydrogens (tertiary/aromatic N) is 4. The lowest BCUT2D eigenvalue weighted by atomic mass is 9.77. The monoisotopic (exact) mass is 990 g/mol. The molecule has 22 heteroatoms. The molecule has 0 saturated carbocycles. The maximum Gasteiger partial charge on any atom is 0.328 e. The van der Waals surface area contributed by atoms with Crippen LogP contribution in [0.3, 0.4) is 0 Å². The summed E-state index contributed by atoms with van der Waals surface area (Å²) in [6.45, 7) is 8.57. The van der Waals surface area contributed by atoms with Crippen LogP contribution in [0.1, 0.15) is 76.8 Å². The van der Waals surface area contributed by atoms with Crippen molar-refractivity contribution in [1.82, 2.24) is 36.1 Å². The predicted molar refractivity (Wildman–Crippen MR) is 262 cm³/mol. The van der Waals surface area contributed by atoms with Crippen molar-refractivity contribution in [2.45, 2.75) is 102 Å². The fraction of sp³-hybridized carbons (Fsp3) is 0.340. The van der Waals surface area contributed by atoms with E-state index in [0.717, 1.165) is 28.8 Å². The molecule has 1 aromatic heterocycles. The number of nitrogens with one attached hydrogen (secondary N) is 5. The van der Waals surface area contributed by atoms with E-state index in [1.54, 1.807) is 20.8 Å². The number of carboxylic acid groups (broad SMARTS) is 1. The highest BCUT2D eigenvalue weighted by Crippen LogP contribution is 2.37. The molecule has 0 spiro atoms. The van der Waals surface area contributed by atoms with Crippen LogP contribution >= 0.6 is 0 Å². The van der Waals surface area contributed by atoms with Crippen molar-refractivity contribution in [1.29, 1.82) is 0 Å². The van der Waals surface area contributed by atoms with Crippen molar-refractivity contribution in [3.05, 3.63) is 164 Å². The molecular formula is C50H58N10O12. The molecule has 0 bridgehead atoms. The third-order valence-corrected chi connectivity index (χ3v) is 11.3. The molecule has 0 fully saturated rings. The molecule has 0 aliphatic carbocycles. The van der Waals surface area contributed by atoms with Crippen LogP contribution in [-0.2, 0) is 45.5 Å². The third-order valence-electron chi connectivity index (χ3n) is 11.3. The van der Waals surface area contributed by atoms with E-state index in [0.29, 0.717) is 0 Å². The van der Waals surface area contributed by atoms with Crippen molar-refractivity contribution < 1.29 is 48.5 Å². The highest BCUT2D eigenvalue weighted by atomic mass is 16.6. The summed E-state index contributed by atoms with van der Waals surface area (Å²) in [4.78, 5) is 107. The number of imidazole rings is 1. The zero-order valence-corrected chi connectivity index (χ0v) is 40.5. The molecule has 0 radical (unpaired) electrons. The molecule has 0 aliphatic rings. The number of aromatic nitrogens is 2. The second kappa shape index (κ2) is 23.5. The number of non-ortho nitro benzene ring substituents is 1. The van der Waals surface area contributed by atoms with E-state index in [2.05, 4.69) is 31.6 Å². The molecular weight excluding hydrogens is 933 g/mol. The standard InChI is InChI=1S/C50H58N10O12/c1-31(72-48(2,3)4)43(46(65)66)55-42(62)28-52-45(64)38(23-25-41(61)56-50(32-16-10-7-11-17-32,33-18-12-8-13-19-33)34-20-14-9-15-21-34)54-47(67)49(5,6)57-44(63)37(51)26-35-29-58(30-53-35)39-24-22-36(59(68)69)27-40(39)60(70)71/h7-22,24,27,29-31,37-38,43H,23,25-26,28,51H2,1-6H3,(H,52,64)(H,54,67)(H,55,62)(H,56,61)(H,57,63)(H,65,66)/t31-,37+,38+,43+/m1/s1. The minimum atomic E-state index is -1.77. The first-order valence-electron chi connectivity index (χ1n) is 22.7.